The summed E-state index contributed by atoms with van der Waals surface area (Å²) in [6.07, 6.45) is 1.52. The summed E-state index contributed by atoms with van der Waals surface area (Å²) in [6, 6.07) is 10.0. The number of carbonyl (C=O) groups excluding carboxylic acids is 1. The number of imidazole rings is 1. The van der Waals surface area contributed by atoms with E-state index in [9.17, 15) is 4.79 Å². The molecule has 0 radical (unpaired) electrons. The number of fused-ring (bicyclic) bond motifs is 1. The van der Waals surface area contributed by atoms with E-state index in [1.54, 1.807) is 0 Å². The molecule has 1 amide bonds. The van der Waals surface area contributed by atoms with Crippen LogP contribution in [-0.2, 0) is 18.4 Å². The number of rotatable bonds is 4. The first-order valence-electron chi connectivity index (χ1n) is 9.21. The number of nitrogens with one attached hydrogen (secondary N) is 1. The van der Waals surface area contributed by atoms with E-state index in [1.807, 2.05) is 37.1 Å². The number of hydrogen-bond acceptors (Lipinski definition) is 3. The summed E-state index contributed by atoms with van der Waals surface area (Å²) in [4.78, 5) is 18.8. The average Bonchev–Trinajstić information content (AvgIpc) is 3.18. The van der Waals surface area contributed by atoms with Crippen molar-refractivity contribution >= 4 is 39.9 Å². The van der Waals surface area contributed by atoms with Crippen LogP contribution in [-0.4, -0.2) is 22.0 Å². The van der Waals surface area contributed by atoms with E-state index in [4.69, 9.17) is 16.6 Å². The highest BCUT2D eigenvalue weighted by Crippen LogP contribution is 2.33. The molecule has 2 heterocycles. The van der Waals surface area contributed by atoms with Gasteiger partial charge in [-0.1, -0.05) is 23.7 Å². The van der Waals surface area contributed by atoms with Gasteiger partial charge in [0.05, 0.1) is 11.2 Å². The molecule has 1 aliphatic rings. The van der Waals surface area contributed by atoms with Crippen LogP contribution in [0.3, 0.4) is 0 Å². The van der Waals surface area contributed by atoms with E-state index >= 15 is 0 Å². The normalized spacial score (nSPS) is 14.4. The molecule has 1 fully saturated rings. The third-order valence-corrected chi connectivity index (χ3v) is 5.74. The second kappa shape index (κ2) is 6.89. The molecule has 0 unspecified atom stereocenters. The van der Waals surface area contributed by atoms with Gasteiger partial charge in [-0.25, -0.2) is 4.98 Å². The second-order valence-electron chi connectivity index (χ2n) is 7.12. The fourth-order valence-corrected chi connectivity index (χ4v) is 3.96. The molecule has 3 aromatic rings. The smallest absolute Gasteiger partial charge is 0.227 e. The third kappa shape index (κ3) is 3.16. The molecule has 0 bridgehead atoms. The fraction of sp³-hybridized carbons (Fsp3) is 0.333. The maximum atomic E-state index is 12.2. The molecular formula is C21H23ClN4O. The van der Waals surface area contributed by atoms with Gasteiger partial charge in [0, 0.05) is 37.3 Å². The Labute approximate surface area is 163 Å². The van der Waals surface area contributed by atoms with Crippen LogP contribution in [0.15, 0.2) is 30.3 Å². The number of halogens is 1. The lowest BCUT2D eigenvalue weighted by Gasteiger charge is -2.18. The second-order valence-corrected chi connectivity index (χ2v) is 7.52. The van der Waals surface area contributed by atoms with Crippen molar-refractivity contribution in [1.82, 2.24) is 9.55 Å². The minimum atomic E-state index is 0.182. The lowest BCUT2D eigenvalue weighted by atomic mass is 10.1. The number of benzene rings is 2. The summed E-state index contributed by atoms with van der Waals surface area (Å²) < 4.78 is 2.06. The van der Waals surface area contributed by atoms with Crippen LogP contribution in [0.5, 0.6) is 0 Å². The first-order chi connectivity index (χ1) is 13.0. The summed E-state index contributed by atoms with van der Waals surface area (Å²) in [5.74, 6) is 1.12. The number of carbonyl (C=O) groups is 1. The summed E-state index contributed by atoms with van der Waals surface area (Å²) >= 11 is 6.38. The van der Waals surface area contributed by atoms with Crippen molar-refractivity contribution in [3.8, 4) is 0 Å². The van der Waals surface area contributed by atoms with Gasteiger partial charge in [0.1, 0.15) is 11.3 Å². The highest BCUT2D eigenvalue weighted by molar-refractivity contribution is 6.31. The first kappa shape index (κ1) is 17.9. The van der Waals surface area contributed by atoms with Crippen molar-refractivity contribution in [3.63, 3.8) is 0 Å². The van der Waals surface area contributed by atoms with Crippen molar-refractivity contribution in [2.45, 2.75) is 33.2 Å². The summed E-state index contributed by atoms with van der Waals surface area (Å²) in [5.41, 5.74) is 5.99. The molecule has 0 spiro atoms. The Morgan fingerprint density at radius 1 is 1.26 bits per heavy atom. The van der Waals surface area contributed by atoms with Crippen LogP contribution in [0.4, 0.5) is 11.4 Å². The predicted molar refractivity (Wildman–Crippen MR) is 111 cm³/mol. The molecule has 5 nitrogen and oxygen atoms in total. The molecule has 1 aliphatic heterocycles. The Kier molecular flexibility index (Phi) is 4.56. The third-order valence-electron chi connectivity index (χ3n) is 5.39. The zero-order chi connectivity index (χ0) is 19.1. The molecule has 140 valence electrons. The molecule has 1 saturated heterocycles. The monoisotopic (exact) mass is 382 g/mol. The van der Waals surface area contributed by atoms with Crippen molar-refractivity contribution < 1.29 is 4.79 Å². The van der Waals surface area contributed by atoms with Crippen LogP contribution >= 0.6 is 11.6 Å². The van der Waals surface area contributed by atoms with E-state index in [2.05, 4.69) is 28.9 Å². The predicted octanol–water partition coefficient (Wildman–Crippen LogP) is 4.58. The van der Waals surface area contributed by atoms with Gasteiger partial charge in [-0.2, -0.15) is 0 Å². The lowest BCUT2D eigenvalue weighted by molar-refractivity contribution is -0.117. The van der Waals surface area contributed by atoms with Gasteiger partial charge in [-0.15, -0.1) is 0 Å². The minimum absolute atomic E-state index is 0.182. The van der Waals surface area contributed by atoms with Crippen LogP contribution in [0.1, 0.15) is 29.8 Å². The number of anilines is 2. The SMILES string of the molecule is Cc1cccc(Cl)c1CNc1cc(N2CCCC2=O)cc2c1nc(C)n2C. The van der Waals surface area contributed by atoms with E-state index in [0.29, 0.717) is 13.0 Å². The average molecular weight is 383 g/mol. The van der Waals surface area contributed by atoms with Crippen molar-refractivity contribution in [1.29, 1.82) is 0 Å². The molecule has 2 aromatic carbocycles. The summed E-state index contributed by atoms with van der Waals surface area (Å²) in [5, 5.41) is 4.26. The number of hydrogen-bond donors (Lipinski definition) is 1. The quantitative estimate of drug-likeness (QED) is 0.718. The minimum Gasteiger partial charge on any atom is -0.379 e. The largest absolute Gasteiger partial charge is 0.379 e. The number of nitrogens with zero attached hydrogens (tertiary/aromatic N) is 3. The lowest BCUT2D eigenvalue weighted by Crippen LogP contribution is -2.23. The molecule has 1 N–H and O–H groups in total. The van der Waals surface area contributed by atoms with Crippen molar-refractivity contribution in [3.05, 3.63) is 52.3 Å². The van der Waals surface area contributed by atoms with Gasteiger partial charge in [0.25, 0.3) is 0 Å². The van der Waals surface area contributed by atoms with Crippen molar-refractivity contribution in [2.75, 3.05) is 16.8 Å². The first-order valence-corrected chi connectivity index (χ1v) is 9.59. The van der Waals surface area contributed by atoms with Gasteiger partial charge < -0.3 is 14.8 Å². The Morgan fingerprint density at radius 2 is 2.07 bits per heavy atom. The molecule has 4 rings (SSSR count). The number of aromatic nitrogens is 2. The van der Waals surface area contributed by atoms with Crippen LogP contribution in [0, 0.1) is 13.8 Å². The highest BCUT2D eigenvalue weighted by Gasteiger charge is 2.23. The summed E-state index contributed by atoms with van der Waals surface area (Å²) in [7, 11) is 2.00. The number of amides is 1. The maximum absolute atomic E-state index is 12.2. The Balaban J connectivity index is 1.76. The van der Waals surface area contributed by atoms with E-state index in [0.717, 1.165) is 57.3 Å². The zero-order valence-electron chi connectivity index (χ0n) is 15.8. The highest BCUT2D eigenvalue weighted by atomic mass is 35.5. The fourth-order valence-electron chi connectivity index (χ4n) is 3.67. The Bertz CT molecular complexity index is 1020. The molecular weight excluding hydrogens is 360 g/mol. The maximum Gasteiger partial charge on any atom is 0.227 e. The molecule has 6 heteroatoms. The van der Waals surface area contributed by atoms with Gasteiger partial charge >= 0.3 is 0 Å². The van der Waals surface area contributed by atoms with Crippen molar-refractivity contribution in [2.24, 2.45) is 7.05 Å². The van der Waals surface area contributed by atoms with Gasteiger partial charge in [0.15, 0.2) is 0 Å². The summed E-state index contributed by atoms with van der Waals surface area (Å²) in [6.45, 7) is 5.42. The van der Waals surface area contributed by atoms with Crippen LogP contribution in [0.25, 0.3) is 11.0 Å². The van der Waals surface area contributed by atoms with Gasteiger partial charge in [0.2, 0.25) is 5.91 Å². The molecule has 0 atom stereocenters. The van der Waals surface area contributed by atoms with E-state index < -0.39 is 0 Å². The molecule has 0 saturated carbocycles. The topological polar surface area (TPSA) is 50.2 Å². The van der Waals surface area contributed by atoms with Crippen LogP contribution in [0.2, 0.25) is 5.02 Å². The van der Waals surface area contributed by atoms with Gasteiger partial charge in [-0.05, 0) is 49.6 Å². The van der Waals surface area contributed by atoms with Crippen LogP contribution < -0.4 is 10.2 Å². The van der Waals surface area contributed by atoms with E-state index in [-0.39, 0.29) is 5.91 Å². The Morgan fingerprint density at radius 3 is 2.78 bits per heavy atom. The van der Waals surface area contributed by atoms with E-state index in [1.165, 1.54) is 0 Å². The Hall–Kier alpha value is -2.53. The number of aryl methyl sites for hydroxylation is 3. The van der Waals surface area contributed by atoms with Gasteiger partial charge in [-0.3, -0.25) is 4.79 Å². The molecule has 0 aliphatic carbocycles. The molecule has 1 aromatic heterocycles. The standard InChI is InChI=1S/C21H23ClN4O/c1-13-6-4-7-17(22)16(13)12-23-18-10-15(26-9-5-8-20(26)27)11-19-21(18)24-14(2)25(19)3/h4,6-7,10-11,23H,5,8-9,12H2,1-3H3. The zero-order valence-corrected chi connectivity index (χ0v) is 16.6. The molecule has 27 heavy (non-hydrogen) atoms.